The van der Waals surface area contributed by atoms with Crippen molar-refractivity contribution >= 4 is 5.97 Å². The van der Waals surface area contributed by atoms with Crippen LogP contribution in [0.1, 0.15) is 0 Å². The highest BCUT2D eigenvalue weighted by atomic mass is 19.2. The largest absolute Gasteiger partial charge is 0.246 e. The van der Waals surface area contributed by atoms with Gasteiger partial charge in [-0.25, -0.2) is 13.8 Å². The van der Waals surface area contributed by atoms with E-state index < -0.39 is 18.6 Å². The number of rotatable bonds is 2. The molecule has 0 saturated heterocycles. The molecule has 0 N–H and O–H groups in total. The number of aliphatic imine (C=N–C) groups is 1. The van der Waals surface area contributed by atoms with Crippen LogP contribution in [-0.4, -0.2) is 12.8 Å². The van der Waals surface area contributed by atoms with E-state index in [2.05, 4.69) is 11.6 Å². The number of hydrogen-bond donors (Lipinski definition) is 0. The zero-order chi connectivity index (χ0) is 6.57. The molecule has 4 heteroatoms. The monoisotopic (exact) mass is 123 g/mol. The molecule has 0 rings (SSSR count). The van der Waals surface area contributed by atoms with Gasteiger partial charge in [-0.1, -0.05) is 6.58 Å². The van der Waals surface area contributed by atoms with E-state index in [4.69, 9.17) is 0 Å². The average Bonchev–Trinajstić information content (AvgIpc) is 1.67. The Labute approximate surface area is 44.5 Å². The number of halogens is 3. The van der Waals surface area contributed by atoms with Crippen molar-refractivity contribution in [3.63, 3.8) is 0 Å². The fraction of sp³-hybridized carbons (Fsp3) is 0.250. The molecule has 0 aliphatic heterocycles. The summed E-state index contributed by atoms with van der Waals surface area (Å²) in [5, 5.41) is 0. The molecule has 0 aromatic rings. The summed E-state index contributed by atoms with van der Waals surface area (Å²) in [6, 6.07) is 0. The van der Waals surface area contributed by atoms with Gasteiger partial charge < -0.3 is 0 Å². The Hall–Kier alpha value is -0.800. The zero-order valence-corrected chi connectivity index (χ0v) is 4.00. The lowest BCUT2D eigenvalue weighted by molar-refractivity contribution is 0.504. The molecular weight excluding hydrogens is 119 g/mol. The van der Waals surface area contributed by atoms with Gasteiger partial charge in [0.2, 0.25) is 5.97 Å². The molecular formula is C4H4F3N. The van der Waals surface area contributed by atoms with Gasteiger partial charge in [-0.05, 0) is 0 Å². The molecule has 0 heterocycles. The Morgan fingerprint density at radius 2 is 2.00 bits per heavy atom. The van der Waals surface area contributed by atoms with Gasteiger partial charge in [0.05, 0.1) is 0 Å². The third-order valence-corrected chi connectivity index (χ3v) is 0.422. The van der Waals surface area contributed by atoms with Gasteiger partial charge in [-0.3, -0.25) is 0 Å². The van der Waals surface area contributed by atoms with E-state index in [1.165, 1.54) is 0 Å². The molecule has 8 heavy (non-hydrogen) atoms. The lowest BCUT2D eigenvalue weighted by Crippen LogP contribution is -1.87. The summed E-state index contributed by atoms with van der Waals surface area (Å²) in [6.07, 6.45) is 0. The lowest BCUT2D eigenvalue weighted by atomic mass is 10.6. The van der Waals surface area contributed by atoms with Crippen LogP contribution in [0.4, 0.5) is 13.2 Å². The van der Waals surface area contributed by atoms with E-state index in [0.717, 1.165) is 0 Å². The van der Waals surface area contributed by atoms with Crippen molar-refractivity contribution < 1.29 is 13.2 Å². The normalized spacial score (nSPS) is 11.6. The fourth-order valence-corrected chi connectivity index (χ4v) is 0.138. The second-order valence-corrected chi connectivity index (χ2v) is 0.973. The molecule has 0 amide bonds. The summed E-state index contributed by atoms with van der Waals surface area (Å²) in [4.78, 5) is 2.43. The van der Waals surface area contributed by atoms with Gasteiger partial charge >= 0.3 is 0 Å². The van der Waals surface area contributed by atoms with Gasteiger partial charge in [0, 0.05) is 0 Å². The SMILES string of the molecule is C=C(F)C(F)=NCF. The quantitative estimate of drug-likeness (QED) is 0.392. The molecule has 0 fully saturated rings. The van der Waals surface area contributed by atoms with E-state index in [0.29, 0.717) is 0 Å². The van der Waals surface area contributed by atoms with Gasteiger partial charge in [-0.15, -0.1) is 0 Å². The van der Waals surface area contributed by atoms with E-state index in [9.17, 15) is 13.2 Å². The van der Waals surface area contributed by atoms with Gasteiger partial charge in [-0.2, -0.15) is 4.39 Å². The van der Waals surface area contributed by atoms with Gasteiger partial charge in [0.1, 0.15) is 0 Å². The molecule has 0 aromatic heterocycles. The minimum absolute atomic E-state index is 1.26. The predicted molar refractivity (Wildman–Crippen MR) is 24.8 cm³/mol. The first-order valence-electron chi connectivity index (χ1n) is 1.79. The highest BCUT2D eigenvalue weighted by molar-refractivity contribution is 5.89. The maximum atomic E-state index is 11.6. The summed E-state index contributed by atoms with van der Waals surface area (Å²) in [6.45, 7) is 1.28. The number of hydrogen-bond acceptors (Lipinski definition) is 1. The molecule has 0 unspecified atom stereocenters. The van der Waals surface area contributed by atoms with Crippen molar-refractivity contribution in [3.05, 3.63) is 12.4 Å². The van der Waals surface area contributed by atoms with Crippen molar-refractivity contribution in [2.75, 3.05) is 6.80 Å². The summed E-state index contributed by atoms with van der Waals surface area (Å²) < 4.78 is 33.9. The summed E-state index contributed by atoms with van der Waals surface area (Å²) in [5.74, 6) is -2.82. The van der Waals surface area contributed by atoms with Gasteiger partial charge in [0.15, 0.2) is 12.6 Å². The van der Waals surface area contributed by atoms with Crippen molar-refractivity contribution in [2.24, 2.45) is 4.99 Å². The first-order valence-corrected chi connectivity index (χ1v) is 1.79. The predicted octanol–water partition coefficient (Wildman–Crippen LogP) is 1.76. The topological polar surface area (TPSA) is 12.4 Å². The van der Waals surface area contributed by atoms with Crippen LogP contribution in [0.15, 0.2) is 17.4 Å². The molecule has 1 nitrogen and oxygen atoms in total. The maximum absolute atomic E-state index is 11.6. The Morgan fingerprint density at radius 3 is 2.12 bits per heavy atom. The highest BCUT2D eigenvalue weighted by Crippen LogP contribution is 1.96. The molecule has 46 valence electrons. The van der Waals surface area contributed by atoms with Crippen LogP contribution >= 0.6 is 0 Å². The number of nitrogens with zero attached hydrogens (tertiary/aromatic N) is 1. The second-order valence-electron chi connectivity index (χ2n) is 0.973. The molecule has 0 spiro atoms. The van der Waals surface area contributed by atoms with Crippen LogP contribution < -0.4 is 0 Å². The maximum Gasteiger partial charge on any atom is 0.246 e. The summed E-state index contributed by atoms with van der Waals surface area (Å²) in [7, 11) is 0. The van der Waals surface area contributed by atoms with Crippen LogP contribution in [0.2, 0.25) is 0 Å². The minimum Gasteiger partial charge on any atom is -0.225 e. The zero-order valence-electron chi connectivity index (χ0n) is 4.00. The smallest absolute Gasteiger partial charge is 0.225 e. The molecule has 0 aliphatic rings. The average molecular weight is 123 g/mol. The van der Waals surface area contributed by atoms with Gasteiger partial charge in [0.25, 0.3) is 0 Å². The molecule has 0 saturated carbocycles. The van der Waals surface area contributed by atoms with E-state index in [1.54, 1.807) is 0 Å². The molecule has 0 atom stereocenters. The van der Waals surface area contributed by atoms with E-state index in [-0.39, 0.29) is 0 Å². The Morgan fingerprint density at radius 1 is 1.50 bits per heavy atom. The first kappa shape index (κ1) is 7.20. The second kappa shape index (κ2) is 3.23. The van der Waals surface area contributed by atoms with Crippen molar-refractivity contribution in [2.45, 2.75) is 0 Å². The van der Waals surface area contributed by atoms with Crippen molar-refractivity contribution in [1.29, 1.82) is 0 Å². The van der Waals surface area contributed by atoms with Crippen LogP contribution in [0.5, 0.6) is 0 Å². The first-order chi connectivity index (χ1) is 3.68. The van der Waals surface area contributed by atoms with Crippen LogP contribution in [-0.2, 0) is 0 Å². The Balaban J connectivity index is 3.80. The molecule has 0 aromatic carbocycles. The minimum atomic E-state index is -1.48. The molecule has 0 bridgehead atoms. The highest BCUT2D eigenvalue weighted by Gasteiger charge is 1.97. The summed E-state index contributed by atoms with van der Waals surface area (Å²) >= 11 is 0. The fourth-order valence-electron chi connectivity index (χ4n) is 0.138. The van der Waals surface area contributed by atoms with Crippen molar-refractivity contribution in [3.8, 4) is 0 Å². The lowest BCUT2D eigenvalue weighted by Gasteiger charge is -1.83. The van der Waals surface area contributed by atoms with Crippen LogP contribution in [0.25, 0.3) is 0 Å². The van der Waals surface area contributed by atoms with E-state index >= 15 is 0 Å². The third kappa shape index (κ3) is 2.39. The molecule has 0 aliphatic carbocycles. The molecule has 0 radical (unpaired) electrons. The third-order valence-electron chi connectivity index (χ3n) is 0.422. The van der Waals surface area contributed by atoms with Crippen LogP contribution in [0, 0.1) is 0 Å². The van der Waals surface area contributed by atoms with E-state index in [1.807, 2.05) is 0 Å². The summed E-state index contributed by atoms with van der Waals surface area (Å²) in [5.41, 5.74) is 0. The number of allylic oxidation sites excluding steroid dienone is 1. The van der Waals surface area contributed by atoms with Crippen molar-refractivity contribution in [1.82, 2.24) is 0 Å². The Bertz CT molecular complexity index is 118. The standard InChI is InChI=1S/C4H4F3N/c1-3(6)4(7)8-2-5/h1-2H2. The Kier molecular flexibility index (Phi) is 2.91. The van der Waals surface area contributed by atoms with Crippen LogP contribution in [0.3, 0.4) is 0 Å². The number of alkyl halides is 1.